The zero-order chi connectivity index (χ0) is 17.6. The number of nitrogens with zero attached hydrogens (tertiary/aromatic N) is 4. The van der Waals surface area contributed by atoms with E-state index in [0.29, 0.717) is 30.9 Å². The molecule has 6 nitrogen and oxygen atoms in total. The van der Waals surface area contributed by atoms with Crippen LogP contribution in [0.5, 0.6) is 0 Å². The normalized spacial score (nSPS) is 10.6. The van der Waals surface area contributed by atoms with Gasteiger partial charge in [-0.15, -0.1) is 0 Å². The summed E-state index contributed by atoms with van der Waals surface area (Å²) >= 11 is 0. The van der Waals surface area contributed by atoms with Gasteiger partial charge in [0, 0.05) is 49.4 Å². The summed E-state index contributed by atoms with van der Waals surface area (Å²) in [5.74, 6) is -0.313. The number of carbonyl (C=O) groups is 1. The van der Waals surface area contributed by atoms with Crippen molar-refractivity contribution in [2.75, 3.05) is 13.1 Å². The number of aromatic nitrogens is 4. The lowest BCUT2D eigenvalue weighted by atomic mass is 10.0. The Morgan fingerprint density at radius 2 is 2.00 bits per heavy atom. The first kappa shape index (κ1) is 16.8. The minimum absolute atomic E-state index is 0.246. The third kappa shape index (κ3) is 3.88. The minimum Gasteiger partial charge on any atom is -0.339 e. The molecule has 1 N–H and O–H groups in total. The van der Waals surface area contributed by atoms with E-state index in [-0.39, 0.29) is 11.5 Å². The smallest absolute Gasteiger partial charge is 0.254 e. The van der Waals surface area contributed by atoms with Gasteiger partial charge in [-0.2, -0.15) is 5.10 Å². The van der Waals surface area contributed by atoms with Crippen molar-refractivity contribution in [1.29, 1.82) is 0 Å². The van der Waals surface area contributed by atoms with Crippen LogP contribution in [0, 0.1) is 5.82 Å². The number of hydrogen-bond acceptors (Lipinski definition) is 4. The zero-order valence-electron chi connectivity index (χ0n) is 13.8. The van der Waals surface area contributed by atoms with Gasteiger partial charge < -0.3 is 4.90 Å². The molecule has 0 saturated heterocycles. The molecule has 0 aliphatic carbocycles. The summed E-state index contributed by atoms with van der Waals surface area (Å²) in [4.78, 5) is 23.0. The molecule has 1 aromatic carbocycles. The second-order valence-electron chi connectivity index (χ2n) is 5.48. The third-order valence-corrected chi connectivity index (χ3v) is 3.90. The minimum atomic E-state index is -0.465. The molecule has 0 aliphatic heterocycles. The first-order valence-corrected chi connectivity index (χ1v) is 8.03. The fraction of sp³-hybridized carbons (Fsp3) is 0.222. The average molecular weight is 339 g/mol. The van der Waals surface area contributed by atoms with Crippen LogP contribution in [0.4, 0.5) is 4.39 Å². The molecule has 128 valence electrons. The maximum Gasteiger partial charge on any atom is 0.254 e. The molecule has 0 atom stereocenters. The summed E-state index contributed by atoms with van der Waals surface area (Å²) in [6.07, 6.45) is 5.50. The van der Waals surface area contributed by atoms with Crippen molar-refractivity contribution in [2.24, 2.45) is 0 Å². The summed E-state index contributed by atoms with van der Waals surface area (Å²) in [5, 5.41) is 6.77. The Kier molecular flexibility index (Phi) is 5.13. The fourth-order valence-corrected chi connectivity index (χ4v) is 2.58. The second-order valence-corrected chi connectivity index (χ2v) is 5.48. The molecule has 3 aromatic rings. The van der Waals surface area contributed by atoms with Crippen LogP contribution < -0.4 is 0 Å². The molecule has 2 heterocycles. The largest absolute Gasteiger partial charge is 0.339 e. The number of H-pyrrole nitrogens is 1. The van der Waals surface area contributed by atoms with Gasteiger partial charge in [0.1, 0.15) is 5.82 Å². The number of likely N-dealkylation sites (N-methyl/N-ethyl adjacent to an activating group) is 1. The molecular weight excluding hydrogens is 321 g/mol. The molecule has 25 heavy (non-hydrogen) atoms. The molecule has 1 amide bonds. The van der Waals surface area contributed by atoms with Gasteiger partial charge in [-0.3, -0.25) is 9.89 Å². The molecule has 0 spiro atoms. The summed E-state index contributed by atoms with van der Waals surface area (Å²) < 4.78 is 13.8. The summed E-state index contributed by atoms with van der Waals surface area (Å²) in [6, 6.07) is 7.65. The maximum absolute atomic E-state index is 13.8. The highest BCUT2D eigenvalue weighted by molar-refractivity contribution is 6.00. The fourth-order valence-electron chi connectivity index (χ4n) is 2.58. The van der Waals surface area contributed by atoms with Crippen molar-refractivity contribution in [3.8, 4) is 11.4 Å². The van der Waals surface area contributed by atoms with Gasteiger partial charge >= 0.3 is 0 Å². The molecular formula is C18H18FN5O. The number of amides is 1. The Hall–Kier alpha value is -3.09. The standard InChI is InChI=1S/C18H18FN5O/c1-2-24(11-7-14-6-10-22-23-14)18(25)16-12-13(19)4-5-15(16)17-20-8-3-9-21-17/h3-6,8-10,12H,2,7,11H2,1H3,(H,22,23). The van der Waals surface area contributed by atoms with Gasteiger partial charge in [0.05, 0.1) is 5.56 Å². The molecule has 0 fully saturated rings. The highest BCUT2D eigenvalue weighted by atomic mass is 19.1. The number of carbonyl (C=O) groups excluding carboxylic acids is 1. The predicted octanol–water partition coefficient (Wildman–Crippen LogP) is 2.71. The number of hydrogen-bond donors (Lipinski definition) is 1. The predicted molar refractivity (Wildman–Crippen MR) is 91.3 cm³/mol. The number of nitrogens with one attached hydrogen (secondary N) is 1. The van der Waals surface area contributed by atoms with Crippen LogP contribution in [-0.4, -0.2) is 44.1 Å². The number of benzene rings is 1. The van der Waals surface area contributed by atoms with E-state index in [1.807, 2.05) is 13.0 Å². The first-order valence-electron chi connectivity index (χ1n) is 8.03. The summed E-state index contributed by atoms with van der Waals surface area (Å²) in [6.45, 7) is 2.91. The molecule has 0 aliphatic rings. The lowest BCUT2D eigenvalue weighted by Gasteiger charge is -2.22. The Morgan fingerprint density at radius 3 is 2.68 bits per heavy atom. The monoisotopic (exact) mass is 339 g/mol. The zero-order valence-corrected chi connectivity index (χ0v) is 13.8. The maximum atomic E-state index is 13.8. The molecule has 2 aromatic heterocycles. The van der Waals surface area contributed by atoms with E-state index < -0.39 is 5.82 Å². The van der Waals surface area contributed by atoms with E-state index in [1.54, 1.807) is 35.6 Å². The number of rotatable bonds is 6. The topological polar surface area (TPSA) is 74.8 Å². The van der Waals surface area contributed by atoms with Crippen LogP contribution in [0.1, 0.15) is 23.0 Å². The first-order chi connectivity index (χ1) is 12.2. The van der Waals surface area contributed by atoms with E-state index >= 15 is 0 Å². The van der Waals surface area contributed by atoms with Crippen LogP contribution in [0.3, 0.4) is 0 Å². The van der Waals surface area contributed by atoms with Gasteiger partial charge in [0.2, 0.25) is 0 Å². The lowest BCUT2D eigenvalue weighted by molar-refractivity contribution is 0.0766. The molecule has 7 heteroatoms. The van der Waals surface area contributed by atoms with E-state index in [4.69, 9.17) is 0 Å². The van der Waals surface area contributed by atoms with Gasteiger partial charge in [0.25, 0.3) is 5.91 Å². The van der Waals surface area contributed by atoms with Crippen molar-refractivity contribution in [3.63, 3.8) is 0 Å². The van der Waals surface area contributed by atoms with Crippen molar-refractivity contribution in [3.05, 3.63) is 66.0 Å². The molecule has 0 bridgehead atoms. The van der Waals surface area contributed by atoms with Crippen LogP contribution in [0.25, 0.3) is 11.4 Å². The van der Waals surface area contributed by atoms with E-state index in [2.05, 4.69) is 20.2 Å². The third-order valence-electron chi connectivity index (χ3n) is 3.90. The van der Waals surface area contributed by atoms with Crippen molar-refractivity contribution in [2.45, 2.75) is 13.3 Å². The number of halogens is 1. The quantitative estimate of drug-likeness (QED) is 0.749. The Balaban J connectivity index is 1.88. The molecule has 3 rings (SSSR count). The van der Waals surface area contributed by atoms with Gasteiger partial charge in [-0.1, -0.05) is 0 Å². The van der Waals surface area contributed by atoms with Gasteiger partial charge in [-0.05, 0) is 37.3 Å². The lowest BCUT2D eigenvalue weighted by Crippen LogP contribution is -2.33. The van der Waals surface area contributed by atoms with Crippen molar-refractivity contribution < 1.29 is 9.18 Å². The van der Waals surface area contributed by atoms with Crippen LogP contribution >= 0.6 is 0 Å². The van der Waals surface area contributed by atoms with Crippen molar-refractivity contribution >= 4 is 5.91 Å². The van der Waals surface area contributed by atoms with E-state index in [0.717, 1.165) is 5.69 Å². The Bertz CT molecular complexity index is 836. The summed E-state index contributed by atoms with van der Waals surface area (Å²) in [5.41, 5.74) is 1.72. The molecule has 0 saturated carbocycles. The number of aromatic amines is 1. The van der Waals surface area contributed by atoms with E-state index in [1.165, 1.54) is 12.1 Å². The van der Waals surface area contributed by atoms with Gasteiger partial charge in [-0.25, -0.2) is 14.4 Å². The average Bonchev–Trinajstić information content (AvgIpc) is 3.16. The van der Waals surface area contributed by atoms with Crippen molar-refractivity contribution in [1.82, 2.24) is 25.1 Å². The second kappa shape index (κ2) is 7.65. The SMILES string of the molecule is CCN(CCc1ccn[nH]1)C(=O)c1cc(F)ccc1-c1ncccn1. The van der Waals surface area contributed by atoms with Crippen LogP contribution in [0.15, 0.2) is 48.9 Å². The molecule has 0 unspecified atom stereocenters. The Morgan fingerprint density at radius 1 is 1.20 bits per heavy atom. The molecule has 0 radical (unpaired) electrons. The summed E-state index contributed by atoms with van der Waals surface area (Å²) in [7, 11) is 0. The van der Waals surface area contributed by atoms with Gasteiger partial charge in [0.15, 0.2) is 5.82 Å². The highest BCUT2D eigenvalue weighted by Gasteiger charge is 2.20. The van der Waals surface area contributed by atoms with E-state index in [9.17, 15) is 9.18 Å². The Labute approximate surface area is 144 Å². The highest BCUT2D eigenvalue weighted by Crippen LogP contribution is 2.22. The van der Waals surface area contributed by atoms with Crippen LogP contribution in [0.2, 0.25) is 0 Å². The van der Waals surface area contributed by atoms with Crippen LogP contribution in [-0.2, 0) is 6.42 Å².